The second kappa shape index (κ2) is 8.90. The number of likely N-dealkylation sites (tertiary alicyclic amines) is 1. The minimum atomic E-state index is -0.511. The first-order valence-corrected chi connectivity index (χ1v) is 10.9. The third kappa shape index (κ3) is 3.83. The van der Waals surface area contributed by atoms with E-state index < -0.39 is 5.82 Å². The Morgan fingerprint density at radius 3 is 2.76 bits per heavy atom. The van der Waals surface area contributed by atoms with Crippen molar-refractivity contribution in [3.05, 3.63) is 96.9 Å². The molecule has 2 amide bonds. The van der Waals surface area contributed by atoms with Crippen molar-refractivity contribution in [2.75, 3.05) is 18.4 Å². The van der Waals surface area contributed by atoms with Crippen molar-refractivity contribution >= 4 is 23.1 Å². The van der Waals surface area contributed by atoms with Gasteiger partial charge >= 0.3 is 0 Å². The molecule has 1 atom stereocenters. The predicted octanol–water partition coefficient (Wildman–Crippen LogP) is 4.29. The standard InChI is InChI=1S/C26H22FN5O2/c1-2-23(33)31-13-10-18(15-31)19-14-22(32-16-28-11-9-21(19)32)24-20(27)8-12-29-25(24)30-26(34)17-6-4-3-5-7-17/h2-9,11-12,14,16,18H,1,10,13,15H2,(H,29,30,34). The summed E-state index contributed by atoms with van der Waals surface area (Å²) in [6, 6.07) is 13.7. The second-order valence-electron chi connectivity index (χ2n) is 8.13. The van der Waals surface area contributed by atoms with Crippen molar-refractivity contribution in [3.8, 4) is 11.3 Å². The monoisotopic (exact) mass is 455 g/mol. The van der Waals surface area contributed by atoms with Crippen LogP contribution in [0.2, 0.25) is 0 Å². The number of hydrogen-bond acceptors (Lipinski definition) is 4. The smallest absolute Gasteiger partial charge is 0.256 e. The predicted molar refractivity (Wildman–Crippen MR) is 127 cm³/mol. The third-order valence-corrected chi connectivity index (χ3v) is 6.15. The van der Waals surface area contributed by atoms with Crippen LogP contribution in [0.15, 0.2) is 79.9 Å². The number of carbonyl (C=O) groups excluding carboxylic acids is 2. The van der Waals surface area contributed by atoms with Gasteiger partial charge in [0.1, 0.15) is 11.6 Å². The van der Waals surface area contributed by atoms with Gasteiger partial charge in [-0.15, -0.1) is 0 Å². The number of benzene rings is 1. The fourth-order valence-corrected chi connectivity index (χ4v) is 4.49. The van der Waals surface area contributed by atoms with E-state index in [2.05, 4.69) is 21.9 Å². The third-order valence-electron chi connectivity index (χ3n) is 6.15. The summed E-state index contributed by atoms with van der Waals surface area (Å²) in [4.78, 5) is 35.1. The van der Waals surface area contributed by atoms with Crippen molar-refractivity contribution in [3.63, 3.8) is 0 Å². The van der Waals surface area contributed by atoms with Crippen LogP contribution in [0.5, 0.6) is 0 Å². The van der Waals surface area contributed by atoms with E-state index >= 15 is 4.39 Å². The van der Waals surface area contributed by atoms with Gasteiger partial charge in [0.05, 0.1) is 23.1 Å². The van der Waals surface area contributed by atoms with Gasteiger partial charge in [-0.05, 0) is 48.4 Å². The van der Waals surface area contributed by atoms with E-state index in [9.17, 15) is 9.59 Å². The maximum atomic E-state index is 15.2. The molecular weight excluding hydrogens is 433 g/mol. The van der Waals surface area contributed by atoms with Crippen LogP contribution in [0.3, 0.4) is 0 Å². The molecule has 0 radical (unpaired) electrons. The molecular formula is C26H22FN5O2. The van der Waals surface area contributed by atoms with E-state index in [1.807, 2.05) is 18.2 Å². The summed E-state index contributed by atoms with van der Waals surface area (Å²) in [5.74, 6) is -0.788. The number of carbonyl (C=O) groups is 2. The number of rotatable bonds is 5. The highest BCUT2D eigenvalue weighted by atomic mass is 19.1. The van der Waals surface area contributed by atoms with Crippen molar-refractivity contribution in [2.24, 2.45) is 0 Å². The molecule has 0 spiro atoms. The van der Waals surface area contributed by atoms with Crippen LogP contribution in [0.4, 0.5) is 10.2 Å². The zero-order valence-corrected chi connectivity index (χ0v) is 18.3. The Kier molecular flexibility index (Phi) is 5.63. The molecule has 3 aromatic heterocycles. The number of anilines is 1. The van der Waals surface area contributed by atoms with E-state index in [1.165, 1.54) is 18.3 Å². The van der Waals surface area contributed by atoms with Crippen LogP contribution < -0.4 is 5.32 Å². The molecule has 34 heavy (non-hydrogen) atoms. The van der Waals surface area contributed by atoms with Gasteiger partial charge in [0, 0.05) is 37.0 Å². The fourth-order valence-electron chi connectivity index (χ4n) is 4.49. The average molecular weight is 455 g/mol. The Morgan fingerprint density at radius 2 is 1.97 bits per heavy atom. The summed E-state index contributed by atoms with van der Waals surface area (Å²) in [6.07, 6.45) is 6.73. The molecule has 0 aliphatic carbocycles. The minimum absolute atomic E-state index is 0.0807. The molecule has 1 N–H and O–H groups in total. The Bertz CT molecular complexity index is 1400. The summed E-state index contributed by atoms with van der Waals surface area (Å²) in [7, 11) is 0. The van der Waals surface area contributed by atoms with Gasteiger partial charge in [0.25, 0.3) is 5.91 Å². The topological polar surface area (TPSA) is 79.6 Å². The lowest BCUT2D eigenvalue weighted by Crippen LogP contribution is -2.26. The Morgan fingerprint density at radius 1 is 1.15 bits per heavy atom. The van der Waals surface area contributed by atoms with Gasteiger partial charge in [-0.3, -0.25) is 14.0 Å². The van der Waals surface area contributed by atoms with Crippen LogP contribution in [0.1, 0.15) is 28.3 Å². The first-order chi connectivity index (χ1) is 16.6. The molecule has 0 saturated carbocycles. The highest BCUT2D eigenvalue weighted by Crippen LogP contribution is 2.38. The van der Waals surface area contributed by atoms with Crippen molar-refractivity contribution in [1.29, 1.82) is 0 Å². The summed E-state index contributed by atoms with van der Waals surface area (Å²) >= 11 is 0. The van der Waals surface area contributed by atoms with Crippen molar-refractivity contribution in [2.45, 2.75) is 12.3 Å². The quantitative estimate of drug-likeness (QED) is 0.456. The molecule has 1 saturated heterocycles. The number of hydrogen-bond donors (Lipinski definition) is 1. The van der Waals surface area contributed by atoms with Gasteiger partial charge in [-0.25, -0.2) is 14.4 Å². The molecule has 0 bridgehead atoms. The second-order valence-corrected chi connectivity index (χ2v) is 8.13. The van der Waals surface area contributed by atoms with Crippen LogP contribution in [-0.2, 0) is 4.79 Å². The summed E-state index contributed by atoms with van der Waals surface area (Å²) < 4.78 is 17.0. The molecule has 1 unspecified atom stereocenters. The maximum Gasteiger partial charge on any atom is 0.256 e. The van der Waals surface area contributed by atoms with Gasteiger partial charge in [0.2, 0.25) is 5.91 Å². The largest absolute Gasteiger partial charge is 0.339 e. The number of nitrogens with zero attached hydrogens (tertiary/aromatic N) is 4. The Hall–Kier alpha value is -4.33. The number of amides is 2. The first-order valence-electron chi connectivity index (χ1n) is 10.9. The molecule has 1 aliphatic rings. The molecule has 8 heteroatoms. The number of pyridine rings is 1. The lowest BCUT2D eigenvalue weighted by molar-refractivity contribution is -0.125. The van der Waals surface area contributed by atoms with E-state index in [0.717, 1.165) is 17.5 Å². The summed E-state index contributed by atoms with van der Waals surface area (Å²) in [6.45, 7) is 4.76. The number of aromatic nitrogens is 3. The average Bonchev–Trinajstić information content (AvgIpc) is 3.50. The zero-order valence-electron chi connectivity index (χ0n) is 18.3. The van der Waals surface area contributed by atoms with Crippen molar-refractivity contribution < 1.29 is 14.0 Å². The highest BCUT2D eigenvalue weighted by Gasteiger charge is 2.30. The minimum Gasteiger partial charge on any atom is -0.339 e. The zero-order chi connectivity index (χ0) is 23.7. The fraction of sp³-hybridized carbons (Fsp3) is 0.154. The first kappa shape index (κ1) is 21.5. The van der Waals surface area contributed by atoms with E-state index in [1.54, 1.807) is 46.1 Å². The van der Waals surface area contributed by atoms with Crippen molar-refractivity contribution in [1.82, 2.24) is 19.3 Å². The van der Waals surface area contributed by atoms with Crippen LogP contribution in [-0.4, -0.2) is 44.2 Å². The maximum absolute atomic E-state index is 15.2. The summed E-state index contributed by atoms with van der Waals surface area (Å²) in [5, 5.41) is 2.75. The SMILES string of the molecule is C=CC(=O)N1CCC(c2cc(-c3c(F)ccnc3NC(=O)c3ccccc3)n3cnccc23)C1. The van der Waals surface area contributed by atoms with Gasteiger partial charge in [-0.1, -0.05) is 24.8 Å². The molecule has 1 aromatic carbocycles. The Balaban J connectivity index is 1.58. The number of fused-ring (bicyclic) bond motifs is 1. The van der Waals surface area contributed by atoms with Gasteiger partial charge in [0.15, 0.2) is 0 Å². The lowest BCUT2D eigenvalue weighted by atomic mass is 9.99. The Labute approximate surface area is 195 Å². The highest BCUT2D eigenvalue weighted by molar-refractivity contribution is 6.05. The number of nitrogens with one attached hydrogen (secondary N) is 1. The van der Waals surface area contributed by atoms with Gasteiger partial charge < -0.3 is 10.2 Å². The lowest BCUT2D eigenvalue weighted by Gasteiger charge is -2.13. The molecule has 1 aliphatic heterocycles. The molecule has 7 nitrogen and oxygen atoms in total. The molecule has 170 valence electrons. The van der Waals surface area contributed by atoms with Gasteiger partial charge in [-0.2, -0.15) is 0 Å². The molecule has 4 aromatic rings. The van der Waals surface area contributed by atoms with E-state index in [0.29, 0.717) is 24.3 Å². The van der Waals surface area contributed by atoms with Crippen LogP contribution >= 0.6 is 0 Å². The normalized spacial score (nSPS) is 15.4. The molecule has 5 rings (SSSR count). The van der Waals surface area contributed by atoms with Crippen LogP contribution in [0, 0.1) is 5.82 Å². The van der Waals surface area contributed by atoms with Crippen LogP contribution in [0.25, 0.3) is 16.8 Å². The van der Waals surface area contributed by atoms with E-state index in [-0.39, 0.29) is 29.1 Å². The number of halogens is 1. The molecule has 1 fully saturated rings. The molecule has 4 heterocycles. The summed E-state index contributed by atoms with van der Waals surface area (Å²) in [5.41, 5.74) is 3.00. The van der Waals surface area contributed by atoms with E-state index in [4.69, 9.17) is 0 Å².